The maximum atomic E-state index is 5.86. The number of aromatic nitrogens is 1. The molecular weight excluding hydrogens is 583 g/mol. The van der Waals surface area contributed by atoms with Gasteiger partial charge in [-0.3, -0.25) is 0 Å². The lowest BCUT2D eigenvalue weighted by Gasteiger charge is -2.08. The Hall–Kier alpha value is -6.12. The monoisotopic (exact) mass is 611 g/mol. The summed E-state index contributed by atoms with van der Waals surface area (Å²) in [6.07, 6.45) is 0.967. The summed E-state index contributed by atoms with van der Waals surface area (Å²) in [5.74, 6) is 1.02. The van der Waals surface area contributed by atoms with Crippen LogP contribution >= 0.6 is 0 Å². The molecule has 0 atom stereocenters. The summed E-state index contributed by atoms with van der Waals surface area (Å²) in [7, 11) is 0. The van der Waals surface area contributed by atoms with Gasteiger partial charge in [0.05, 0.1) is 23.2 Å². The van der Waals surface area contributed by atoms with Gasteiger partial charge in [0.15, 0.2) is 0 Å². The molecule has 2 heteroatoms. The molecule has 2 nitrogen and oxygen atoms in total. The fourth-order valence-corrected chi connectivity index (χ4v) is 8.18. The first-order valence-electron chi connectivity index (χ1n) is 16.8. The number of nitrogens with zero attached hydrogens (tertiary/aromatic N) is 1. The smallest absolute Gasteiger partial charge is 0.122 e. The lowest BCUT2D eigenvalue weighted by atomic mass is 9.95. The molecule has 1 aliphatic heterocycles. The molecule has 0 saturated carbocycles. The lowest BCUT2D eigenvalue weighted by molar-refractivity contribution is 0.357. The van der Waals surface area contributed by atoms with E-state index in [1.165, 1.54) is 98.6 Å². The Balaban J connectivity index is 1.23. The number of hydrogen-bond donors (Lipinski definition) is 0. The van der Waals surface area contributed by atoms with E-state index in [-0.39, 0.29) is 0 Å². The van der Waals surface area contributed by atoms with E-state index in [2.05, 4.69) is 156 Å². The summed E-state index contributed by atoms with van der Waals surface area (Å²) >= 11 is 0. The van der Waals surface area contributed by atoms with E-state index >= 15 is 0 Å². The van der Waals surface area contributed by atoms with Gasteiger partial charge in [-0.05, 0) is 121 Å². The normalized spacial score (nSPS) is 13.0. The van der Waals surface area contributed by atoms with E-state index in [9.17, 15) is 0 Å². The predicted octanol–water partition coefficient (Wildman–Crippen LogP) is 12.1. The summed E-state index contributed by atoms with van der Waals surface area (Å²) < 4.78 is 8.38. The largest absolute Gasteiger partial charge is 0.493 e. The van der Waals surface area contributed by atoms with Crippen LogP contribution in [0.3, 0.4) is 0 Å². The number of rotatable bonds is 3. The van der Waals surface area contributed by atoms with E-state index < -0.39 is 0 Å². The molecule has 48 heavy (non-hydrogen) atoms. The van der Waals surface area contributed by atoms with Crippen molar-refractivity contribution in [2.24, 2.45) is 0 Å². The van der Waals surface area contributed by atoms with Gasteiger partial charge in [-0.25, -0.2) is 0 Å². The lowest BCUT2D eigenvalue weighted by Crippen LogP contribution is -1.85. The van der Waals surface area contributed by atoms with E-state index in [4.69, 9.17) is 4.74 Å². The molecule has 0 N–H and O–H groups in total. The van der Waals surface area contributed by atoms with Crippen LogP contribution in [0.5, 0.6) is 5.75 Å². The quantitative estimate of drug-likeness (QED) is 0.194. The van der Waals surface area contributed by atoms with Crippen molar-refractivity contribution >= 4 is 59.6 Å². The molecule has 224 valence electrons. The highest BCUT2D eigenvalue weighted by atomic mass is 16.5. The third kappa shape index (κ3) is 3.74. The molecule has 0 aliphatic carbocycles. The van der Waals surface area contributed by atoms with Gasteiger partial charge in [0.1, 0.15) is 5.75 Å². The van der Waals surface area contributed by atoms with Gasteiger partial charge in [-0.15, -0.1) is 0 Å². The highest BCUT2D eigenvalue weighted by Crippen LogP contribution is 2.45. The molecule has 0 saturated heterocycles. The second kappa shape index (κ2) is 9.70. The molecule has 10 aromatic rings. The van der Waals surface area contributed by atoms with Crippen LogP contribution in [0.15, 0.2) is 152 Å². The van der Waals surface area contributed by atoms with Gasteiger partial charge in [0, 0.05) is 28.0 Å². The zero-order chi connectivity index (χ0) is 31.3. The first-order valence-corrected chi connectivity index (χ1v) is 16.8. The zero-order valence-electron chi connectivity index (χ0n) is 26.2. The summed E-state index contributed by atoms with van der Waals surface area (Å²) in [5, 5.41) is 10.2. The van der Waals surface area contributed by atoms with Gasteiger partial charge in [0.2, 0.25) is 0 Å². The predicted molar refractivity (Wildman–Crippen MR) is 202 cm³/mol. The number of hydrogen-bond acceptors (Lipinski definition) is 1. The van der Waals surface area contributed by atoms with Crippen molar-refractivity contribution in [2.75, 3.05) is 6.61 Å². The molecule has 0 bridgehead atoms. The summed E-state index contributed by atoms with van der Waals surface area (Å²) in [4.78, 5) is 0. The van der Waals surface area contributed by atoms with Crippen molar-refractivity contribution in [3.05, 3.63) is 157 Å². The van der Waals surface area contributed by atoms with Crippen molar-refractivity contribution in [3.8, 4) is 39.1 Å². The van der Waals surface area contributed by atoms with E-state index in [0.29, 0.717) is 0 Å². The minimum Gasteiger partial charge on any atom is -0.493 e. The molecule has 0 radical (unpaired) electrons. The summed E-state index contributed by atoms with van der Waals surface area (Å²) in [6.45, 7) is 0.766. The van der Waals surface area contributed by atoms with Crippen molar-refractivity contribution in [1.82, 2.24) is 4.40 Å². The first-order chi connectivity index (χ1) is 23.7. The Morgan fingerprint density at radius 1 is 0.396 bits per heavy atom. The van der Waals surface area contributed by atoms with E-state index in [1.54, 1.807) is 0 Å². The van der Waals surface area contributed by atoms with Gasteiger partial charge in [-0.1, -0.05) is 91.0 Å². The minimum atomic E-state index is 0.766. The number of fused-ring (bicyclic) bond motifs is 9. The standard InChI is InChI=1S/C46H29NO/c1-3-7-28(8-4-1)30-11-13-33-22-39-41-24-38(32-15-16-45-35(19-32)17-18-48-45)25-42-40-23-34-14-12-31(29-9-5-2-6-10-29)21-37(34)27-44(40)47(46(41)42)43(39)26-36(33)20-30/h1-16,19-27H,17-18H2. The van der Waals surface area contributed by atoms with Crippen LogP contribution in [0, 0.1) is 0 Å². The molecule has 0 fully saturated rings. The Kier molecular flexibility index (Phi) is 5.25. The maximum Gasteiger partial charge on any atom is 0.122 e. The molecule has 0 unspecified atom stereocenters. The average Bonchev–Trinajstić information content (AvgIpc) is 3.84. The molecule has 11 rings (SSSR count). The zero-order valence-corrected chi connectivity index (χ0v) is 26.2. The van der Waals surface area contributed by atoms with Crippen molar-refractivity contribution in [1.29, 1.82) is 0 Å². The van der Waals surface area contributed by atoms with Gasteiger partial charge < -0.3 is 9.14 Å². The molecule has 1 aliphatic rings. The topological polar surface area (TPSA) is 13.6 Å². The third-order valence-corrected chi connectivity index (χ3v) is 10.5. The highest BCUT2D eigenvalue weighted by Gasteiger charge is 2.21. The fourth-order valence-electron chi connectivity index (χ4n) is 8.18. The van der Waals surface area contributed by atoms with Crippen LogP contribution < -0.4 is 4.74 Å². The van der Waals surface area contributed by atoms with Crippen molar-refractivity contribution < 1.29 is 4.74 Å². The fraction of sp³-hybridized carbons (Fsp3) is 0.0435. The highest BCUT2D eigenvalue weighted by molar-refractivity contribution is 6.27. The van der Waals surface area contributed by atoms with Crippen LogP contribution in [0.1, 0.15) is 5.56 Å². The second-order valence-corrected chi connectivity index (χ2v) is 13.3. The SMILES string of the molecule is c1ccc(-c2ccc3cc4c5cc(-c6ccc7c(c6)CCO7)cc6c7cc8ccc(-c9ccccc9)cc8cc7n(c4cc3c2)c56)cc1. The van der Waals surface area contributed by atoms with Crippen LogP contribution in [0.25, 0.3) is 93.0 Å². The Morgan fingerprint density at radius 2 is 0.938 bits per heavy atom. The van der Waals surface area contributed by atoms with Crippen molar-refractivity contribution in [3.63, 3.8) is 0 Å². The van der Waals surface area contributed by atoms with Crippen LogP contribution in [-0.4, -0.2) is 11.0 Å². The molecule has 3 heterocycles. The van der Waals surface area contributed by atoms with Crippen LogP contribution in [0.2, 0.25) is 0 Å². The summed E-state index contributed by atoms with van der Waals surface area (Å²) in [6, 6.07) is 56.3. The van der Waals surface area contributed by atoms with Crippen molar-refractivity contribution in [2.45, 2.75) is 6.42 Å². The maximum absolute atomic E-state index is 5.86. The minimum absolute atomic E-state index is 0.766. The molecule has 0 spiro atoms. The van der Waals surface area contributed by atoms with Crippen LogP contribution in [-0.2, 0) is 6.42 Å². The Bertz CT molecular complexity index is 2730. The average molecular weight is 612 g/mol. The first kappa shape index (κ1) is 26.0. The molecule has 8 aromatic carbocycles. The number of ether oxygens (including phenoxy) is 1. The van der Waals surface area contributed by atoms with Gasteiger partial charge >= 0.3 is 0 Å². The summed E-state index contributed by atoms with van der Waals surface area (Å²) in [5.41, 5.74) is 12.5. The molecule has 0 amide bonds. The second-order valence-electron chi connectivity index (χ2n) is 13.3. The van der Waals surface area contributed by atoms with E-state index in [0.717, 1.165) is 18.8 Å². The van der Waals surface area contributed by atoms with E-state index in [1.807, 2.05) is 0 Å². The Morgan fingerprint density at radius 3 is 1.52 bits per heavy atom. The van der Waals surface area contributed by atoms with Gasteiger partial charge in [0.25, 0.3) is 0 Å². The Labute approximate surface area is 277 Å². The van der Waals surface area contributed by atoms with Gasteiger partial charge in [-0.2, -0.15) is 0 Å². The molecule has 2 aromatic heterocycles. The van der Waals surface area contributed by atoms with Crippen LogP contribution in [0.4, 0.5) is 0 Å². The third-order valence-electron chi connectivity index (χ3n) is 10.5. The number of benzene rings is 8. The molecular formula is C46H29NO.